The van der Waals surface area contributed by atoms with Gasteiger partial charge in [0.05, 0.1) is 20.0 Å². The lowest BCUT2D eigenvalue weighted by atomic mass is 10.3. The summed E-state index contributed by atoms with van der Waals surface area (Å²) in [7, 11) is -4.21. The van der Waals surface area contributed by atoms with Crippen LogP contribution >= 0.6 is 7.82 Å². The van der Waals surface area contributed by atoms with E-state index >= 15 is 0 Å². The van der Waals surface area contributed by atoms with Crippen LogP contribution in [-0.4, -0.2) is 20.0 Å². The second-order valence-electron chi connectivity index (χ2n) is 11.0. The molecule has 0 saturated carbocycles. The number of benzene rings is 6. The molecule has 0 saturated heterocycles. The molecule has 6 rings (SSSR count). The first-order valence-electron chi connectivity index (χ1n) is 16.2. The summed E-state index contributed by atoms with van der Waals surface area (Å²) in [5.41, 5.74) is 5.59. The maximum absolute atomic E-state index is 14.2. The summed E-state index contributed by atoms with van der Waals surface area (Å²) in [6.45, 7) is 1.57. The monoisotopic (exact) mass is 686 g/mol. The molecule has 0 aromatic heterocycles. The van der Waals surface area contributed by atoms with E-state index in [9.17, 15) is 4.57 Å². The van der Waals surface area contributed by atoms with Crippen molar-refractivity contribution in [3.63, 3.8) is 0 Å². The van der Waals surface area contributed by atoms with Crippen molar-refractivity contribution in [3.05, 3.63) is 164 Å². The first-order valence-corrected chi connectivity index (χ1v) is 17.6. The van der Waals surface area contributed by atoms with Crippen LogP contribution in [0.25, 0.3) is 0 Å². The summed E-state index contributed by atoms with van der Waals surface area (Å²) in [4.78, 5) is 0. The predicted molar refractivity (Wildman–Crippen MR) is 204 cm³/mol. The van der Waals surface area contributed by atoms with Crippen molar-refractivity contribution >= 4 is 41.9 Å². The standard InChI is InChI=1S/C39H39N6O4P/c46-50(47-37-22-16-34(17-23-37)43-28-40-31-10-4-1-5-11-31,48-38-24-18-35(19-25-38)44-29-41-32-12-6-2-7-13-32)49-39-26-20-36(21-27-39)45-30-42-33-14-8-3-9-15-33/h1-27,40-45H,28-30H2. The highest BCUT2D eigenvalue weighted by molar-refractivity contribution is 7.49. The maximum atomic E-state index is 14.2. The first-order chi connectivity index (χ1) is 24.6. The highest BCUT2D eigenvalue weighted by Gasteiger charge is 2.33. The van der Waals surface area contributed by atoms with Gasteiger partial charge in [0, 0.05) is 34.1 Å². The van der Waals surface area contributed by atoms with E-state index in [2.05, 4.69) is 31.9 Å². The molecule has 6 aromatic carbocycles. The van der Waals surface area contributed by atoms with Gasteiger partial charge >= 0.3 is 7.82 Å². The molecule has 6 N–H and O–H groups in total. The number of phosphoric acid groups is 1. The van der Waals surface area contributed by atoms with Crippen LogP contribution in [0.5, 0.6) is 17.2 Å². The third kappa shape index (κ3) is 10.6. The maximum Gasteiger partial charge on any atom is 0.647 e. The lowest BCUT2D eigenvalue weighted by Gasteiger charge is -2.20. The van der Waals surface area contributed by atoms with Crippen LogP contribution in [0.1, 0.15) is 0 Å². The molecule has 0 aliphatic rings. The Hall–Kier alpha value is -6.25. The van der Waals surface area contributed by atoms with Crippen LogP contribution in [-0.2, 0) is 4.57 Å². The molecule has 0 bridgehead atoms. The van der Waals surface area contributed by atoms with Crippen LogP contribution in [0.3, 0.4) is 0 Å². The van der Waals surface area contributed by atoms with Crippen molar-refractivity contribution in [2.24, 2.45) is 0 Å². The molecule has 0 spiro atoms. The summed E-state index contributed by atoms with van der Waals surface area (Å²) < 4.78 is 32.0. The number of para-hydroxylation sites is 3. The SMILES string of the molecule is O=P(Oc1ccc(NCNc2ccccc2)cc1)(Oc1ccc(NCNc2ccccc2)cc1)Oc1ccc(NCNc2ccccc2)cc1. The summed E-state index contributed by atoms with van der Waals surface area (Å²) in [5.74, 6) is 0.973. The minimum atomic E-state index is -4.21. The Bertz CT molecular complexity index is 1690. The van der Waals surface area contributed by atoms with Gasteiger partial charge in [-0.25, -0.2) is 0 Å². The lowest BCUT2D eigenvalue weighted by molar-refractivity contribution is 0.298. The summed E-state index contributed by atoms with van der Waals surface area (Å²) in [6.07, 6.45) is 0. The number of rotatable bonds is 18. The van der Waals surface area contributed by atoms with Gasteiger partial charge in [-0.2, -0.15) is 4.57 Å². The largest absolute Gasteiger partial charge is 0.647 e. The van der Waals surface area contributed by atoms with Gasteiger partial charge in [0.15, 0.2) is 0 Å². The van der Waals surface area contributed by atoms with Crippen molar-refractivity contribution in [2.75, 3.05) is 51.9 Å². The molecule has 0 atom stereocenters. The van der Waals surface area contributed by atoms with Gasteiger partial charge < -0.3 is 45.5 Å². The van der Waals surface area contributed by atoms with Crippen LogP contribution in [0.15, 0.2) is 164 Å². The average Bonchev–Trinajstić information content (AvgIpc) is 3.15. The summed E-state index contributed by atoms with van der Waals surface area (Å²) in [5, 5.41) is 19.8. The van der Waals surface area contributed by atoms with E-state index in [-0.39, 0.29) is 0 Å². The Balaban J connectivity index is 1.09. The number of nitrogens with one attached hydrogen (secondary N) is 6. The molecule has 0 aliphatic carbocycles. The zero-order valence-corrected chi connectivity index (χ0v) is 28.2. The second-order valence-corrected chi connectivity index (χ2v) is 12.4. The number of anilines is 6. The third-order valence-electron chi connectivity index (χ3n) is 7.29. The Morgan fingerprint density at radius 1 is 0.320 bits per heavy atom. The van der Waals surface area contributed by atoms with Crippen LogP contribution in [0.4, 0.5) is 34.1 Å². The second kappa shape index (κ2) is 17.2. The first kappa shape index (κ1) is 33.6. The zero-order chi connectivity index (χ0) is 34.3. The van der Waals surface area contributed by atoms with Crippen LogP contribution < -0.4 is 45.5 Å². The molecule has 0 heterocycles. The Kier molecular flexibility index (Phi) is 11.6. The Labute approximate surface area is 292 Å². The molecule has 0 aliphatic heterocycles. The van der Waals surface area contributed by atoms with E-state index in [1.807, 2.05) is 127 Å². The average molecular weight is 687 g/mol. The molecule has 50 heavy (non-hydrogen) atoms. The van der Waals surface area contributed by atoms with Gasteiger partial charge in [-0.15, -0.1) is 0 Å². The minimum Gasteiger partial charge on any atom is -0.386 e. The number of phosphoric ester groups is 1. The summed E-state index contributed by atoms with van der Waals surface area (Å²) >= 11 is 0. The zero-order valence-electron chi connectivity index (χ0n) is 27.3. The van der Waals surface area contributed by atoms with Crippen molar-refractivity contribution in [2.45, 2.75) is 0 Å². The molecule has 11 heteroatoms. The van der Waals surface area contributed by atoms with E-state index in [0.717, 1.165) is 34.1 Å². The fourth-order valence-corrected chi connectivity index (χ4v) is 6.01. The van der Waals surface area contributed by atoms with Gasteiger partial charge in [0.25, 0.3) is 0 Å². The molecular weight excluding hydrogens is 647 g/mol. The van der Waals surface area contributed by atoms with Crippen LogP contribution in [0.2, 0.25) is 0 Å². The quantitative estimate of drug-likeness (QED) is 0.0386. The Morgan fingerprint density at radius 2 is 0.540 bits per heavy atom. The highest BCUT2D eigenvalue weighted by Crippen LogP contribution is 2.50. The van der Waals surface area contributed by atoms with Crippen molar-refractivity contribution < 1.29 is 18.1 Å². The smallest absolute Gasteiger partial charge is 0.386 e. The molecule has 6 aromatic rings. The van der Waals surface area contributed by atoms with Gasteiger partial charge in [0.2, 0.25) is 0 Å². The van der Waals surface area contributed by atoms with Crippen molar-refractivity contribution in [1.29, 1.82) is 0 Å². The van der Waals surface area contributed by atoms with Gasteiger partial charge in [0.1, 0.15) is 17.2 Å². The fourth-order valence-electron chi connectivity index (χ4n) is 4.76. The van der Waals surface area contributed by atoms with E-state index in [1.165, 1.54) is 0 Å². The van der Waals surface area contributed by atoms with Crippen molar-refractivity contribution in [3.8, 4) is 17.2 Å². The molecule has 254 valence electrons. The normalized spacial score (nSPS) is 10.7. The van der Waals surface area contributed by atoms with Gasteiger partial charge in [-0.1, -0.05) is 54.6 Å². The van der Waals surface area contributed by atoms with E-state index in [4.69, 9.17) is 13.6 Å². The lowest BCUT2D eigenvalue weighted by Crippen LogP contribution is -2.12. The summed E-state index contributed by atoms with van der Waals surface area (Å²) in [6, 6.07) is 51.0. The molecule has 10 nitrogen and oxygen atoms in total. The van der Waals surface area contributed by atoms with Crippen molar-refractivity contribution in [1.82, 2.24) is 0 Å². The van der Waals surface area contributed by atoms with E-state index < -0.39 is 7.82 Å². The van der Waals surface area contributed by atoms with Gasteiger partial charge in [-0.3, -0.25) is 0 Å². The number of hydrogen-bond donors (Lipinski definition) is 6. The number of hydrogen-bond acceptors (Lipinski definition) is 10. The van der Waals surface area contributed by atoms with E-state index in [1.54, 1.807) is 36.4 Å². The molecule has 0 fully saturated rings. The molecule has 0 amide bonds. The van der Waals surface area contributed by atoms with Crippen LogP contribution in [0, 0.1) is 0 Å². The highest BCUT2D eigenvalue weighted by atomic mass is 31.2. The van der Waals surface area contributed by atoms with E-state index in [0.29, 0.717) is 37.3 Å². The Morgan fingerprint density at radius 3 is 0.780 bits per heavy atom. The third-order valence-corrected chi connectivity index (χ3v) is 8.59. The molecule has 0 unspecified atom stereocenters. The topological polar surface area (TPSA) is 117 Å². The predicted octanol–water partition coefficient (Wildman–Crippen LogP) is 9.78. The van der Waals surface area contributed by atoms with Gasteiger partial charge in [-0.05, 0) is 109 Å². The molecular formula is C39H39N6O4P. The fraction of sp³-hybridized carbons (Fsp3) is 0.0769. The minimum absolute atomic E-state index is 0.324. The molecule has 0 radical (unpaired) electrons.